The van der Waals surface area contributed by atoms with E-state index in [1.807, 2.05) is 18.2 Å². The first-order chi connectivity index (χ1) is 9.17. The molecule has 0 atom stereocenters. The molecule has 0 fully saturated rings. The number of benzene rings is 2. The van der Waals surface area contributed by atoms with Gasteiger partial charge >= 0.3 is 0 Å². The molecule has 3 aromatic rings. The van der Waals surface area contributed by atoms with Gasteiger partial charge in [0.1, 0.15) is 17.1 Å². The molecule has 0 unspecified atom stereocenters. The van der Waals surface area contributed by atoms with Crippen LogP contribution in [0.1, 0.15) is 11.1 Å². The fourth-order valence-corrected chi connectivity index (χ4v) is 2.77. The average molecular weight is 256 g/mol. The molecule has 0 aliphatic heterocycles. The maximum Gasteiger partial charge on any atom is 0.134 e. The van der Waals surface area contributed by atoms with Crippen LogP contribution in [0.25, 0.3) is 21.7 Å². The third-order valence-electron chi connectivity index (χ3n) is 3.73. The molecule has 0 aliphatic carbocycles. The molecule has 2 aromatic carbocycles. The van der Waals surface area contributed by atoms with Crippen molar-refractivity contribution in [1.82, 2.24) is 0 Å². The van der Waals surface area contributed by atoms with Gasteiger partial charge in [-0.15, -0.1) is 0 Å². The first-order valence-electron chi connectivity index (χ1n) is 6.19. The quantitative estimate of drug-likeness (QED) is 0.688. The van der Waals surface area contributed by atoms with Crippen LogP contribution in [0.15, 0.2) is 28.9 Å². The van der Waals surface area contributed by atoms with Crippen LogP contribution in [0, 0.1) is 13.8 Å². The van der Waals surface area contributed by atoms with Crippen LogP contribution in [0.2, 0.25) is 0 Å². The molecule has 0 spiro atoms. The Hall–Kier alpha value is -2.16. The van der Waals surface area contributed by atoms with E-state index >= 15 is 0 Å². The molecule has 19 heavy (non-hydrogen) atoms. The predicted octanol–water partition coefficient (Wildman–Crippen LogP) is 4.22. The lowest BCUT2D eigenvalue weighted by Gasteiger charge is -2.14. The molecule has 98 valence electrons. The summed E-state index contributed by atoms with van der Waals surface area (Å²) in [6.07, 6.45) is 1.72. The Labute approximate surface area is 111 Å². The molecular formula is C16H16O3. The monoisotopic (exact) mass is 256 g/mol. The maximum atomic E-state index is 5.52. The number of furan rings is 1. The van der Waals surface area contributed by atoms with E-state index in [2.05, 4.69) is 13.8 Å². The minimum Gasteiger partial charge on any atom is -0.496 e. The zero-order chi connectivity index (χ0) is 13.6. The van der Waals surface area contributed by atoms with Gasteiger partial charge in [-0.1, -0.05) is 0 Å². The fourth-order valence-electron chi connectivity index (χ4n) is 2.77. The zero-order valence-electron chi connectivity index (χ0n) is 11.5. The molecule has 0 amide bonds. The van der Waals surface area contributed by atoms with Gasteiger partial charge in [0, 0.05) is 16.8 Å². The van der Waals surface area contributed by atoms with E-state index in [0.717, 1.165) is 33.4 Å². The topological polar surface area (TPSA) is 31.6 Å². The second-order valence-electron chi connectivity index (χ2n) is 4.66. The Kier molecular flexibility index (Phi) is 2.63. The lowest BCUT2D eigenvalue weighted by atomic mass is 9.96. The van der Waals surface area contributed by atoms with Crippen molar-refractivity contribution < 1.29 is 13.9 Å². The van der Waals surface area contributed by atoms with Crippen molar-refractivity contribution >= 4 is 21.7 Å². The number of ether oxygens (including phenoxy) is 2. The van der Waals surface area contributed by atoms with Gasteiger partial charge in [-0.05, 0) is 42.5 Å². The van der Waals surface area contributed by atoms with Gasteiger partial charge < -0.3 is 13.9 Å². The molecule has 1 heterocycles. The summed E-state index contributed by atoms with van der Waals surface area (Å²) in [4.78, 5) is 0. The average Bonchev–Trinajstić information content (AvgIpc) is 2.88. The van der Waals surface area contributed by atoms with Crippen LogP contribution >= 0.6 is 0 Å². The summed E-state index contributed by atoms with van der Waals surface area (Å²) in [7, 11) is 3.35. The smallest absolute Gasteiger partial charge is 0.134 e. The summed E-state index contributed by atoms with van der Waals surface area (Å²) >= 11 is 0. The first-order valence-corrected chi connectivity index (χ1v) is 6.19. The lowest BCUT2D eigenvalue weighted by molar-refractivity contribution is 0.396. The van der Waals surface area contributed by atoms with Crippen molar-refractivity contribution in [3.63, 3.8) is 0 Å². The van der Waals surface area contributed by atoms with Crippen molar-refractivity contribution in [2.75, 3.05) is 14.2 Å². The fraction of sp³-hybridized carbons (Fsp3) is 0.250. The van der Waals surface area contributed by atoms with E-state index in [9.17, 15) is 0 Å². The van der Waals surface area contributed by atoms with Gasteiger partial charge in [-0.2, -0.15) is 0 Å². The van der Waals surface area contributed by atoms with Gasteiger partial charge in [-0.3, -0.25) is 0 Å². The Morgan fingerprint density at radius 2 is 1.63 bits per heavy atom. The zero-order valence-corrected chi connectivity index (χ0v) is 11.5. The van der Waals surface area contributed by atoms with Gasteiger partial charge in [0.25, 0.3) is 0 Å². The second kappa shape index (κ2) is 4.19. The molecular weight excluding hydrogens is 240 g/mol. The van der Waals surface area contributed by atoms with Gasteiger partial charge in [0.15, 0.2) is 0 Å². The summed E-state index contributed by atoms with van der Waals surface area (Å²) in [5.74, 6) is 1.65. The Bertz CT molecular complexity index is 769. The summed E-state index contributed by atoms with van der Waals surface area (Å²) in [6.45, 7) is 4.17. The highest BCUT2D eigenvalue weighted by Crippen LogP contribution is 2.40. The molecule has 3 nitrogen and oxygen atoms in total. The molecule has 0 aliphatic rings. The van der Waals surface area contributed by atoms with E-state index in [0.29, 0.717) is 0 Å². The van der Waals surface area contributed by atoms with E-state index in [-0.39, 0.29) is 0 Å². The summed E-state index contributed by atoms with van der Waals surface area (Å²) in [6, 6.07) is 5.95. The lowest BCUT2D eigenvalue weighted by Crippen LogP contribution is -1.94. The molecule has 1 aromatic heterocycles. The third kappa shape index (κ3) is 1.58. The van der Waals surface area contributed by atoms with Crippen molar-refractivity contribution in [2.45, 2.75) is 13.8 Å². The highest BCUT2D eigenvalue weighted by molar-refractivity contribution is 6.05. The molecule has 0 radical (unpaired) electrons. The number of hydrogen-bond acceptors (Lipinski definition) is 3. The van der Waals surface area contributed by atoms with Crippen molar-refractivity contribution in [2.24, 2.45) is 0 Å². The molecule has 0 saturated carbocycles. The molecule has 0 saturated heterocycles. The van der Waals surface area contributed by atoms with Crippen LogP contribution < -0.4 is 9.47 Å². The molecule has 0 N–H and O–H groups in total. The highest BCUT2D eigenvalue weighted by atomic mass is 16.5. The number of aryl methyl sites for hydroxylation is 2. The van der Waals surface area contributed by atoms with Crippen LogP contribution in [-0.2, 0) is 0 Å². The van der Waals surface area contributed by atoms with Crippen LogP contribution in [-0.4, -0.2) is 14.2 Å². The van der Waals surface area contributed by atoms with E-state index in [1.165, 1.54) is 10.9 Å². The van der Waals surface area contributed by atoms with Crippen LogP contribution in [0.3, 0.4) is 0 Å². The van der Waals surface area contributed by atoms with Crippen molar-refractivity contribution in [3.8, 4) is 11.5 Å². The van der Waals surface area contributed by atoms with E-state index < -0.39 is 0 Å². The maximum absolute atomic E-state index is 5.52. The number of rotatable bonds is 2. The predicted molar refractivity (Wildman–Crippen MR) is 76.3 cm³/mol. The minimum atomic E-state index is 0.804. The molecule has 3 heteroatoms. The molecule has 3 rings (SSSR count). The van der Waals surface area contributed by atoms with Crippen LogP contribution in [0.5, 0.6) is 11.5 Å². The third-order valence-corrected chi connectivity index (χ3v) is 3.73. The SMILES string of the molecule is COc1cc(OC)c2cc3occc3c(C)c2c1C. The van der Waals surface area contributed by atoms with E-state index in [4.69, 9.17) is 13.9 Å². The summed E-state index contributed by atoms with van der Waals surface area (Å²) in [5, 5.41) is 3.36. The summed E-state index contributed by atoms with van der Waals surface area (Å²) in [5.41, 5.74) is 3.20. The van der Waals surface area contributed by atoms with Crippen LogP contribution in [0.4, 0.5) is 0 Å². The van der Waals surface area contributed by atoms with Gasteiger partial charge in [0.2, 0.25) is 0 Å². The van der Waals surface area contributed by atoms with Gasteiger partial charge in [-0.25, -0.2) is 0 Å². The van der Waals surface area contributed by atoms with Gasteiger partial charge in [0.05, 0.1) is 20.5 Å². The molecule has 0 bridgehead atoms. The Balaban J connectivity index is 2.56. The number of hydrogen-bond donors (Lipinski definition) is 0. The second-order valence-corrected chi connectivity index (χ2v) is 4.66. The standard InChI is InChI=1S/C16H16O3/c1-9-11-5-6-19-15(11)7-12-14(18-4)8-13(17-3)10(2)16(9)12/h5-8H,1-4H3. The normalized spacial score (nSPS) is 11.2. The Morgan fingerprint density at radius 1 is 0.895 bits per heavy atom. The highest BCUT2D eigenvalue weighted by Gasteiger charge is 2.15. The number of fused-ring (bicyclic) bond motifs is 2. The minimum absolute atomic E-state index is 0.804. The summed E-state index contributed by atoms with van der Waals surface area (Å²) < 4.78 is 16.4. The largest absolute Gasteiger partial charge is 0.496 e. The van der Waals surface area contributed by atoms with Crippen molar-refractivity contribution in [1.29, 1.82) is 0 Å². The number of methoxy groups -OCH3 is 2. The van der Waals surface area contributed by atoms with E-state index in [1.54, 1.807) is 20.5 Å². The Morgan fingerprint density at radius 3 is 2.32 bits per heavy atom. The first kappa shape index (κ1) is 11.9. The van der Waals surface area contributed by atoms with Crippen molar-refractivity contribution in [3.05, 3.63) is 35.6 Å².